The number of amides is 1. The molecule has 11 heteroatoms. The average Bonchev–Trinajstić information content (AvgIpc) is 3.12. The molecule has 1 fully saturated rings. The van der Waals surface area contributed by atoms with Crippen molar-refractivity contribution in [1.82, 2.24) is 14.8 Å². The number of nitrogens with zero attached hydrogens (tertiary/aromatic N) is 5. The molecule has 3 rings (SSSR count). The van der Waals surface area contributed by atoms with Crippen LogP contribution in [0.25, 0.3) is 5.69 Å². The minimum absolute atomic E-state index is 0.0878. The number of carbonyl (C=O) groups excluding carboxylic acids is 1. The van der Waals surface area contributed by atoms with E-state index in [-0.39, 0.29) is 23.6 Å². The Morgan fingerprint density at radius 3 is 2.83 bits per heavy atom. The first kappa shape index (κ1) is 22.2. The summed E-state index contributed by atoms with van der Waals surface area (Å²) in [5.74, 6) is -4.60. The minimum Gasteiger partial charge on any atom is -0.616 e. The maximum absolute atomic E-state index is 13.1. The Labute approximate surface area is 176 Å². The van der Waals surface area contributed by atoms with Crippen LogP contribution in [0.2, 0.25) is 0 Å². The lowest BCUT2D eigenvalue weighted by Gasteiger charge is -2.21. The van der Waals surface area contributed by atoms with Gasteiger partial charge in [-0.3, -0.25) is 9.78 Å². The van der Waals surface area contributed by atoms with Gasteiger partial charge in [0.2, 0.25) is 0 Å². The molecular formula is C19H23F2N5O3S. The standard InChI is InChI=1S/C19H23F2N5O3S/c1-4-25(17-10-26(23-13(17)2)15-6-5-7-22-9-15)18(27)16(24-29-3)12-30(28)11-14-8-19(14,20)21/h5-7,9-10,14H,4,8,11-12H2,1-3H3. The summed E-state index contributed by atoms with van der Waals surface area (Å²) in [6.07, 6.45) is 4.72. The van der Waals surface area contributed by atoms with Gasteiger partial charge in [-0.2, -0.15) is 5.10 Å². The van der Waals surface area contributed by atoms with Crippen LogP contribution in [-0.4, -0.2) is 62.0 Å². The number of alkyl halides is 2. The number of anilines is 1. The molecule has 0 N–H and O–H groups in total. The highest BCUT2D eigenvalue weighted by Crippen LogP contribution is 2.49. The number of rotatable bonds is 9. The second-order valence-corrected chi connectivity index (χ2v) is 8.44. The van der Waals surface area contributed by atoms with Crippen molar-refractivity contribution in [2.75, 3.05) is 30.1 Å². The van der Waals surface area contributed by atoms with E-state index in [1.54, 1.807) is 43.2 Å². The van der Waals surface area contributed by atoms with Gasteiger partial charge in [-0.15, -0.1) is 0 Å². The minimum atomic E-state index is -2.76. The average molecular weight is 439 g/mol. The van der Waals surface area contributed by atoms with Gasteiger partial charge in [-0.05, 0) is 37.2 Å². The van der Waals surface area contributed by atoms with Gasteiger partial charge < -0.3 is 14.3 Å². The summed E-state index contributed by atoms with van der Waals surface area (Å²) >= 11 is -1.66. The fourth-order valence-corrected chi connectivity index (χ4v) is 4.45. The molecule has 1 saturated carbocycles. The molecule has 0 aromatic carbocycles. The number of aryl methyl sites for hydroxylation is 1. The zero-order chi connectivity index (χ0) is 21.9. The number of halogens is 2. The number of carbonyl (C=O) groups is 1. The molecule has 0 aliphatic heterocycles. The molecule has 0 bridgehead atoms. The van der Waals surface area contributed by atoms with E-state index in [1.807, 2.05) is 6.07 Å². The Kier molecular flexibility index (Phi) is 6.71. The highest BCUT2D eigenvalue weighted by molar-refractivity contribution is 7.92. The van der Waals surface area contributed by atoms with E-state index in [9.17, 15) is 18.1 Å². The fraction of sp³-hybridized carbons (Fsp3) is 0.474. The zero-order valence-corrected chi connectivity index (χ0v) is 17.7. The Hall–Kier alpha value is -2.53. The van der Waals surface area contributed by atoms with E-state index in [1.165, 1.54) is 12.0 Å². The largest absolute Gasteiger partial charge is 0.616 e. The van der Waals surface area contributed by atoms with Crippen molar-refractivity contribution in [3.05, 3.63) is 36.4 Å². The third-order valence-electron chi connectivity index (χ3n) is 4.72. The number of hydrogen-bond acceptors (Lipinski definition) is 6. The van der Waals surface area contributed by atoms with E-state index >= 15 is 0 Å². The summed E-state index contributed by atoms with van der Waals surface area (Å²) in [6, 6.07) is 3.60. The topological polar surface area (TPSA) is 95.7 Å². The Balaban J connectivity index is 1.78. The van der Waals surface area contributed by atoms with Crippen molar-refractivity contribution in [3.8, 4) is 5.69 Å². The second-order valence-electron chi connectivity index (χ2n) is 6.94. The number of aromatic nitrogens is 3. The van der Waals surface area contributed by atoms with Crippen LogP contribution >= 0.6 is 0 Å². The molecular weight excluding hydrogens is 416 g/mol. The van der Waals surface area contributed by atoms with Crippen LogP contribution in [0.5, 0.6) is 0 Å². The van der Waals surface area contributed by atoms with Gasteiger partial charge in [0, 0.05) is 19.2 Å². The molecule has 162 valence electrons. The number of pyridine rings is 1. The summed E-state index contributed by atoms with van der Waals surface area (Å²) in [5, 5.41) is 8.16. The SMILES string of the molecule is CCN(C(=O)C(C[S+]([O-])CC1CC1(F)F)=NOC)c1cn(-c2cccnc2)nc1C. The second kappa shape index (κ2) is 9.09. The normalized spacial score (nSPS) is 18.7. The summed E-state index contributed by atoms with van der Waals surface area (Å²) < 4.78 is 40.2. The van der Waals surface area contributed by atoms with Crippen molar-refractivity contribution in [3.63, 3.8) is 0 Å². The molecule has 2 heterocycles. The Bertz CT molecular complexity index is 922. The molecule has 2 aromatic heterocycles. The summed E-state index contributed by atoms with van der Waals surface area (Å²) in [5.41, 5.74) is 1.79. The molecule has 30 heavy (non-hydrogen) atoms. The lowest BCUT2D eigenvalue weighted by atomic mass is 10.3. The molecule has 8 nitrogen and oxygen atoms in total. The third kappa shape index (κ3) is 4.96. The van der Waals surface area contributed by atoms with Gasteiger partial charge in [0.1, 0.15) is 12.9 Å². The van der Waals surface area contributed by atoms with Crippen molar-refractivity contribution < 1.29 is 23.0 Å². The maximum Gasteiger partial charge on any atom is 0.281 e. The molecule has 0 radical (unpaired) electrons. The van der Waals surface area contributed by atoms with Crippen LogP contribution in [0.15, 0.2) is 35.9 Å². The Morgan fingerprint density at radius 2 is 2.27 bits per heavy atom. The molecule has 0 spiro atoms. The number of hydrogen-bond donors (Lipinski definition) is 0. The monoisotopic (exact) mass is 439 g/mol. The summed E-state index contributed by atoms with van der Waals surface area (Å²) in [7, 11) is 1.27. The molecule has 1 aliphatic carbocycles. The van der Waals surface area contributed by atoms with Crippen molar-refractivity contribution in [2.45, 2.75) is 26.2 Å². The van der Waals surface area contributed by atoms with Crippen molar-refractivity contribution in [1.29, 1.82) is 0 Å². The van der Waals surface area contributed by atoms with E-state index in [0.29, 0.717) is 17.9 Å². The van der Waals surface area contributed by atoms with Gasteiger partial charge in [0.05, 0.1) is 35.4 Å². The quantitative estimate of drug-likeness (QED) is 0.340. The third-order valence-corrected chi connectivity index (χ3v) is 6.09. The first-order chi connectivity index (χ1) is 14.3. The van der Waals surface area contributed by atoms with Crippen LogP contribution < -0.4 is 4.90 Å². The molecule has 2 unspecified atom stereocenters. The van der Waals surface area contributed by atoms with E-state index in [2.05, 4.69) is 15.2 Å². The number of oxime groups is 1. The van der Waals surface area contributed by atoms with Crippen LogP contribution in [-0.2, 0) is 20.8 Å². The molecule has 1 amide bonds. The van der Waals surface area contributed by atoms with Crippen molar-refractivity contribution >= 4 is 28.5 Å². The lowest BCUT2D eigenvalue weighted by molar-refractivity contribution is -0.112. The van der Waals surface area contributed by atoms with Crippen LogP contribution in [0.1, 0.15) is 19.0 Å². The van der Waals surface area contributed by atoms with Gasteiger partial charge >= 0.3 is 0 Å². The Morgan fingerprint density at radius 1 is 1.53 bits per heavy atom. The van der Waals surface area contributed by atoms with Crippen LogP contribution in [0, 0.1) is 12.8 Å². The van der Waals surface area contributed by atoms with Crippen LogP contribution in [0.4, 0.5) is 14.5 Å². The highest BCUT2D eigenvalue weighted by atomic mass is 32.2. The molecule has 0 saturated heterocycles. The fourth-order valence-electron chi connectivity index (χ4n) is 3.04. The van der Waals surface area contributed by atoms with E-state index in [0.717, 1.165) is 5.69 Å². The van der Waals surface area contributed by atoms with E-state index < -0.39 is 28.9 Å². The molecule has 2 aromatic rings. The summed E-state index contributed by atoms with van der Waals surface area (Å²) in [6.45, 7) is 3.85. The zero-order valence-electron chi connectivity index (χ0n) is 16.9. The lowest BCUT2D eigenvalue weighted by Crippen LogP contribution is -2.40. The molecule has 1 aliphatic rings. The van der Waals surface area contributed by atoms with Crippen LogP contribution in [0.3, 0.4) is 0 Å². The van der Waals surface area contributed by atoms with Crippen molar-refractivity contribution in [2.24, 2.45) is 11.1 Å². The van der Waals surface area contributed by atoms with Gasteiger partial charge in [-0.25, -0.2) is 13.5 Å². The first-order valence-electron chi connectivity index (χ1n) is 9.38. The van der Waals surface area contributed by atoms with Gasteiger partial charge in [0.25, 0.3) is 11.8 Å². The predicted octanol–water partition coefficient (Wildman–Crippen LogP) is 2.33. The van der Waals surface area contributed by atoms with E-state index in [4.69, 9.17) is 4.84 Å². The van der Waals surface area contributed by atoms with Gasteiger partial charge in [0.15, 0.2) is 11.5 Å². The summed E-state index contributed by atoms with van der Waals surface area (Å²) in [4.78, 5) is 23.4. The smallest absolute Gasteiger partial charge is 0.281 e. The first-order valence-corrected chi connectivity index (χ1v) is 10.9. The van der Waals surface area contributed by atoms with Gasteiger partial charge in [-0.1, -0.05) is 5.16 Å². The highest BCUT2D eigenvalue weighted by Gasteiger charge is 2.59. The molecule has 2 atom stereocenters. The maximum atomic E-state index is 13.1. The predicted molar refractivity (Wildman–Crippen MR) is 109 cm³/mol.